The highest BCUT2D eigenvalue weighted by Crippen LogP contribution is 2.35. The lowest BCUT2D eigenvalue weighted by atomic mass is 10.1. The molecule has 0 amide bonds. The molecular formula is C22H19Br2N7O4S. The Bertz CT molecular complexity index is 1390. The summed E-state index contributed by atoms with van der Waals surface area (Å²) in [5.41, 5.74) is 1.73. The molecule has 0 atom stereocenters. The summed E-state index contributed by atoms with van der Waals surface area (Å²) >= 11 is 6.67. The fourth-order valence-electron chi connectivity index (χ4n) is 2.92. The lowest BCUT2D eigenvalue weighted by molar-refractivity contribution is 0.202. The molecule has 0 saturated carbocycles. The molecule has 0 spiro atoms. The van der Waals surface area contributed by atoms with Crippen LogP contribution in [-0.2, 0) is 16.8 Å². The van der Waals surface area contributed by atoms with Gasteiger partial charge in [-0.1, -0.05) is 34.1 Å². The van der Waals surface area contributed by atoms with E-state index in [9.17, 15) is 8.42 Å². The van der Waals surface area contributed by atoms with Crippen molar-refractivity contribution in [2.24, 2.45) is 0 Å². The van der Waals surface area contributed by atoms with Gasteiger partial charge >= 0.3 is 16.2 Å². The minimum Gasteiger partial charge on any atom is -0.473 e. The Kier molecular flexibility index (Phi) is 8.74. The van der Waals surface area contributed by atoms with Gasteiger partial charge in [0.15, 0.2) is 5.82 Å². The molecular weight excluding hydrogens is 618 g/mol. The van der Waals surface area contributed by atoms with Crippen LogP contribution in [0.15, 0.2) is 76.5 Å². The number of halogens is 2. The number of ether oxygens (including phenoxy) is 2. The minimum atomic E-state index is -3.98. The van der Waals surface area contributed by atoms with Gasteiger partial charge in [-0.2, -0.15) is 13.1 Å². The SMILES string of the molecule is O=S(=O)(NCc1cccnc1)Nc1ncnc(OCCOc2ncc(Br)cn2)c1-c1ccc(Br)cc1. The Morgan fingerprint density at radius 3 is 2.33 bits per heavy atom. The number of nitrogens with one attached hydrogen (secondary N) is 2. The average molecular weight is 637 g/mol. The van der Waals surface area contributed by atoms with Gasteiger partial charge in [-0.15, -0.1) is 0 Å². The molecule has 3 heterocycles. The summed E-state index contributed by atoms with van der Waals surface area (Å²) in [7, 11) is -3.98. The van der Waals surface area contributed by atoms with Gasteiger partial charge in [-0.25, -0.2) is 19.9 Å². The number of aromatic nitrogens is 5. The van der Waals surface area contributed by atoms with Crippen LogP contribution in [0.2, 0.25) is 0 Å². The van der Waals surface area contributed by atoms with Crippen LogP contribution in [0, 0.1) is 0 Å². The first-order valence-corrected chi connectivity index (χ1v) is 13.5. The van der Waals surface area contributed by atoms with E-state index in [-0.39, 0.29) is 37.5 Å². The maximum Gasteiger partial charge on any atom is 0.316 e. The lowest BCUT2D eigenvalue weighted by Gasteiger charge is -2.16. The van der Waals surface area contributed by atoms with Gasteiger partial charge in [0, 0.05) is 35.8 Å². The summed E-state index contributed by atoms with van der Waals surface area (Å²) in [6.45, 7) is 0.297. The first-order valence-electron chi connectivity index (χ1n) is 10.4. The van der Waals surface area contributed by atoms with Gasteiger partial charge in [-0.3, -0.25) is 9.71 Å². The number of hydrogen-bond donors (Lipinski definition) is 2. The van der Waals surface area contributed by atoms with E-state index >= 15 is 0 Å². The van der Waals surface area contributed by atoms with E-state index in [1.54, 1.807) is 49.1 Å². The topological polar surface area (TPSA) is 141 Å². The molecule has 0 saturated heterocycles. The zero-order valence-corrected chi connectivity index (χ0v) is 22.5. The molecule has 186 valence electrons. The summed E-state index contributed by atoms with van der Waals surface area (Å²) in [6, 6.07) is 10.9. The van der Waals surface area contributed by atoms with Crippen LogP contribution in [0.5, 0.6) is 11.9 Å². The second kappa shape index (κ2) is 12.2. The van der Waals surface area contributed by atoms with Crippen molar-refractivity contribution >= 4 is 47.9 Å². The summed E-state index contributed by atoms with van der Waals surface area (Å²) in [4.78, 5) is 20.4. The zero-order valence-electron chi connectivity index (χ0n) is 18.5. The maximum absolute atomic E-state index is 12.8. The van der Waals surface area contributed by atoms with E-state index in [0.29, 0.717) is 16.7 Å². The normalized spacial score (nSPS) is 11.2. The molecule has 0 aliphatic carbocycles. The van der Waals surface area contributed by atoms with Gasteiger partial charge < -0.3 is 9.47 Å². The van der Waals surface area contributed by atoms with E-state index in [4.69, 9.17) is 9.47 Å². The predicted octanol–water partition coefficient (Wildman–Crippen LogP) is 3.76. The maximum atomic E-state index is 12.8. The first-order chi connectivity index (χ1) is 17.4. The molecule has 0 aliphatic rings. The fourth-order valence-corrected chi connectivity index (χ4v) is 4.23. The average Bonchev–Trinajstić information content (AvgIpc) is 2.88. The highest BCUT2D eigenvalue weighted by molar-refractivity contribution is 9.10. The molecule has 2 N–H and O–H groups in total. The van der Waals surface area contributed by atoms with Gasteiger partial charge in [-0.05, 0) is 45.3 Å². The Hall–Kier alpha value is -3.20. The number of anilines is 1. The van der Waals surface area contributed by atoms with Crippen molar-refractivity contribution in [2.75, 3.05) is 17.9 Å². The predicted molar refractivity (Wildman–Crippen MR) is 140 cm³/mol. The molecule has 36 heavy (non-hydrogen) atoms. The van der Waals surface area contributed by atoms with Gasteiger partial charge in [0.05, 0.1) is 10.0 Å². The monoisotopic (exact) mass is 635 g/mol. The number of pyridine rings is 1. The van der Waals surface area contributed by atoms with E-state index in [1.165, 1.54) is 6.33 Å². The van der Waals surface area contributed by atoms with Crippen molar-refractivity contribution in [1.29, 1.82) is 0 Å². The molecule has 4 aromatic rings. The molecule has 1 aromatic carbocycles. The summed E-state index contributed by atoms with van der Waals surface area (Å²) in [5, 5.41) is 0. The Morgan fingerprint density at radius 2 is 1.61 bits per heavy atom. The molecule has 0 aliphatic heterocycles. The van der Waals surface area contributed by atoms with E-state index in [0.717, 1.165) is 8.95 Å². The number of hydrogen-bond acceptors (Lipinski definition) is 9. The molecule has 0 fully saturated rings. The van der Waals surface area contributed by atoms with Crippen LogP contribution in [0.25, 0.3) is 11.1 Å². The Balaban J connectivity index is 1.52. The first kappa shape index (κ1) is 25.9. The minimum absolute atomic E-state index is 0.0539. The molecule has 11 nitrogen and oxygen atoms in total. The number of benzene rings is 1. The standard InChI is InChI=1S/C22H19Br2N7O4S/c23-17-5-3-16(4-6-17)19-20(31-36(32,33)30-11-15-2-1-7-25-10-15)28-14-29-21(19)34-8-9-35-22-26-12-18(24)13-27-22/h1-7,10,12-14,30H,8-9,11H2,(H,28,29,31). The summed E-state index contributed by atoms with van der Waals surface area (Å²) in [6.07, 6.45) is 7.54. The molecule has 0 unspecified atom stereocenters. The summed E-state index contributed by atoms with van der Waals surface area (Å²) < 4.78 is 43.4. The van der Waals surface area contributed by atoms with Crippen LogP contribution in [0.1, 0.15) is 5.56 Å². The number of rotatable bonds is 11. The highest BCUT2D eigenvalue weighted by atomic mass is 79.9. The van der Waals surface area contributed by atoms with Crippen molar-refractivity contribution in [1.82, 2.24) is 29.6 Å². The van der Waals surface area contributed by atoms with Crippen molar-refractivity contribution in [3.05, 3.63) is 82.0 Å². The lowest BCUT2D eigenvalue weighted by Crippen LogP contribution is -2.30. The third kappa shape index (κ3) is 7.40. The van der Waals surface area contributed by atoms with Crippen molar-refractivity contribution in [3.8, 4) is 23.0 Å². The third-order valence-corrected chi connectivity index (χ3v) is 6.44. The molecule has 4 rings (SSSR count). The molecule has 0 bridgehead atoms. The Labute approximate surface area is 224 Å². The van der Waals surface area contributed by atoms with Gasteiger partial charge in [0.2, 0.25) is 5.88 Å². The smallest absolute Gasteiger partial charge is 0.316 e. The van der Waals surface area contributed by atoms with Crippen LogP contribution in [0.4, 0.5) is 5.82 Å². The third-order valence-electron chi connectivity index (χ3n) is 4.52. The Morgan fingerprint density at radius 1 is 0.861 bits per heavy atom. The van der Waals surface area contributed by atoms with E-state index < -0.39 is 10.2 Å². The fraction of sp³-hybridized carbons (Fsp3) is 0.136. The highest BCUT2D eigenvalue weighted by Gasteiger charge is 2.20. The van der Waals surface area contributed by atoms with Crippen LogP contribution >= 0.6 is 31.9 Å². The molecule has 3 aromatic heterocycles. The summed E-state index contributed by atoms with van der Waals surface area (Å²) in [5.74, 6) is 0.232. The van der Waals surface area contributed by atoms with Crippen molar-refractivity contribution < 1.29 is 17.9 Å². The number of nitrogens with zero attached hydrogens (tertiary/aromatic N) is 5. The molecule has 0 radical (unpaired) electrons. The van der Waals surface area contributed by atoms with Crippen molar-refractivity contribution in [2.45, 2.75) is 6.54 Å². The van der Waals surface area contributed by atoms with E-state index in [2.05, 4.69) is 66.2 Å². The van der Waals surface area contributed by atoms with Crippen LogP contribution < -0.4 is 18.9 Å². The van der Waals surface area contributed by atoms with Crippen LogP contribution in [0.3, 0.4) is 0 Å². The van der Waals surface area contributed by atoms with Crippen molar-refractivity contribution in [3.63, 3.8) is 0 Å². The molecule has 14 heteroatoms. The largest absolute Gasteiger partial charge is 0.473 e. The zero-order chi connectivity index (χ0) is 25.4. The second-order valence-electron chi connectivity index (χ2n) is 7.08. The quantitative estimate of drug-likeness (QED) is 0.235. The van der Waals surface area contributed by atoms with Crippen LogP contribution in [-0.4, -0.2) is 46.6 Å². The van der Waals surface area contributed by atoms with E-state index in [1.807, 2.05) is 12.1 Å². The van der Waals surface area contributed by atoms with Gasteiger partial charge in [0.1, 0.15) is 19.5 Å². The van der Waals surface area contributed by atoms with Gasteiger partial charge in [0.25, 0.3) is 0 Å². The second-order valence-corrected chi connectivity index (χ2v) is 10.4.